The molecule has 14 heavy (non-hydrogen) atoms. The molecule has 2 unspecified atom stereocenters. The number of nitrogens with two attached hydrogens (primary N) is 1. The van der Waals surface area contributed by atoms with Gasteiger partial charge in [0.05, 0.1) is 5.66 Å². The Labute approximate surface area is 84.5 Å². The van der Waals surface area contributed by atoms with Gasteiger partial charge < -0.3 is 11.1 Å². The molecule has 1 saturated carbocycles. The lowest BCUT2D eigenvalue weighted by atomic mass is 9.78. The zero-order valence-electron chi connectivity index (χ0n) is 8.29. The summed E-state index contributed by atoms with van der Waals surface area (Å²) in [5, 5.41) is 3.49. The smallest absolute Gasteiger partial charge is 0.0927 e. The number of para-hydroxylation sites is 1. The second-order valence-corrected chi connectivity index (χ2v) is 4.55. The van der Waals surface area contributed by atoms with Crippen LogP contribution in [0.4, 0.5) is 5.69 Å². The van der Waals surface area contributed by atoms with Crippen LogP contribution < -0.4 is 11.1 Å². The monoisotopic (exact) mass is 188 g/mol. The van der Waals surface area contributed by atoms with E-state index in [0.717, 1.165) is 6.42 Å². The highest BCUT2D eigenvalue weighted by atomic mass is 15.1. The molecule has 1 heterocycles. The van der Waals surface area contributed by atoms with E-state index in [1.807, 2.05) is 0 Å². The predicted molar refractivity (Wildman–Crippen MR) is 58.2 cm³/mol. The van der Waals surface area contributed by atoms with Gasteiger partial charge in [-0.05, 0) is 30.9 Å². The third-order valence-corrected chi connectivity index (χ3v) is 3.66. The largest absolute Gasteiger partial charge is 0.367 e. The molecule has 1 fully saturated rings. The van der Waals surface area contributed by atoms with Crippen LogP contribution in [0.3, 0.4) is 0 Å². The molecule has 1 aliphatic heterocycles. The number of hydrogen-bond donors (Lipinski definition) is 2. The molecule has 0 bridgehead atoms. The van der Waals surface area contributed by atoms with Gasteiger partial charge in [0.1, 0.15) is 0 Å². The fraction of sp³-hybridized carbons (Fsp3) is 0.500. The van der Waals surface area contributed by atoms with Crippen molar-refractivity contribution in [1.29, 1.82) is 0 Å². The van der Waals surface area contributed by atoms with E-state index in [9.17, 15) is 0 Å². The number of benzene rings is 1. The zero-order chi connectivity index (χ0) is 9.60. The van der Waals surface area contributed by atoms with Crippen LogP contribution in [0.5, 0.6) is 0 Å². The average Bonchev–Trinajstić information content (AvgIpc) is 2.49. The van der Waals surface area contributed by atoms with Gasteiger partial charge in [0.2, 0.25) is 0 Å². The minimum atomic E-state index is -0.151. The molecule has 0 radical (unpaired) electrons. The maximum Gasteiger partial charge on any atom is 0.0927 e. The summed E-state index contributed by atoms with van der Waals surface area (Å²) in [5.74, 6) is 0.535. The number of rotatable bonds is 0. The van der Waals surface area contributed by atoms with Crippen molar-refractivity contribution in [2.24, 2.45) is 5.73 Å². The average molecular weight is 188 g/mol. The van der Waals surface area contributed by atoms with E-state index in [0.29, 0.717) is 5.92 Å². The molecule has 3 rings (SSSR count). The number of hydrogen-bond acceptors (Lipinski definition) is 2. The van der Waals surface area contributed by atoms with Crippen LogP contribution in [0.2, 0.25) is 0 Å². The maximum atomic E-state index is 6.40. The molecule has 2 nitrogen and oxygen atoms in total. The maximum absolute atomic E-state index is 6.40. The quantitative estimate of drug-likeness (QED) is 0.656. The Hall–Kier alpha value is -1.02. The van der Waals surface area contributed by atoms with Crippen LogP contribution in [-0.4, -0.2) is 5.66 Å². The molecule has 0 amide bonds. The summed E-state index contributed by atoms with van der Waals surface area (Å²) in [6, 6.07) is 8.54. The van der Waals surface area contributed by atoms with E-state index in [4.69, 9.17) is 5.73 Å². The van der Waals surface area contributed by atoms with Gasteiger partial charge in [-0.15, -0.1) is 0 Å². The molecule has 2 atom stereocenters. The zero-order valence-corrected chi connectivity index (χ0v) is 8.29. The van der Waals surface area contributed by atoms with Gasteiger partial charge >= 0.3 is 0 Å². The second-order valence-electron chi connectivity index (χ2n) is 4.55. The topological polar surface area (TPSA) is 38.0 Å². The van der Waals surface area contributed by atoms with Gasteiger partial charge in [-0.25, -0.2) is 0 Å². The third kappa shape index (κ3) is 1.01. The minimum Gasteiger partial charge on any atom is -0.367 e. The molecule has 0 saturated heterocycles. The fourth-order valence-electron chi connectivity index (χ4n) is 2.95. The Kier molecular flexibility index (Phi) is 1.62. The van der Waals surface area contributed by atoms with Gasteiger partial charge in [0, 0.05) is 11.6 Å². The highest BCUT2D eigenvalue weighted by molar-refractivity contribution is 5.61. The van der Waals surface area contributed by atoms with E-state index in [1.54, 1.807) is 0 Å². The second kappa shape index (κ2) is 2.74. The van der Waals surface area contributed by atoms with Gasteiger partial charge in [0.15, 0.2) is 0 Å². The summed E-state index contributed by atoms with van der Waals surface area (Å²) in [6.07, 6.45) is 4.92. The number of fused-ring (bicyclic) bond motifs is 3. The molecule has 1 aliphatic carbocycles. The molecule has 1 aromatic rings. The lowest BCUT2D eigenvalue weighted by Gasteiger charge is -2.36. The molecule has 1 aromatic carbocycles. The van der Waals surface area contributed by atoms with Crippen molar-refractivity contribution < 1.29 is 0 Å². The first-order chi connectivity index (χ1) is 6.80. The SMILES string of the molecule is NC12CCCCC1c1ccccc1N2. The van der Waals surface area contributed by atoms with Crippen LogP contribution in [0, 0.1) is 0 Å². The summed E-state index contributed by atoms with van der Waals surface area (Å²) in [6.45, 7) is 0. The Morgan fingerprint density at radius 1 is 1.29 bits per heavy atom. The molecule has 2 aliphatic rings. The molecular weight excluding hydrogens is 172 g/mol. The first kappa shape index (κ1) is 8.30. The lowest BCUT2D eigenvalue weighted by Crippen LogP contribution is -2.50. The van der Waals surface area contributed by atoms with E-state index in [1.165, 1.54) is 30.5 Å². The Balaban J connectivity index is 2.07. The Morgan fingerprint density at radius 2 is 2.14 bits per heavy atom. The molecule has 2 heteroatoms. The first-order valence-electron chi connectivity index (χ1n) is 5.46. The van der Waals surface area contributed by atoms with Crippen molar-refractivity contribution in [3.8, 4) is 0 Å². The van der Waals surface area contributed by atoms with Crippen LogP contribution in [0.1, 0.15) is 37.2 Å². The molecule has 0 spiro atoms. The van der Waals surface area contributed by atoms with E-state index in [2.05, 4.69) is 29.6 Å². The van der Waals surface area contributed by atoms with Gasteiger partial charge in [-0.2, -0.15) is 0 Å². The summed E-state index contributed by atoms with van der Waals surface area (Å²) in [5.41, 5.74) is 8.93. The van der Waals surface area contributed by atoms with E-state index in [-0.39, 0.29) is 5.66 Å². The summed E-state index contributed by atoms with van der Waals surface area (Å²) < 4.78 is 0. The molecule has 3 N–H and O–H groups in total. The highest BCUT2D eigenvalue weighted by Gasteiger charge is 2.43. The van der Waals surface area contributed by atoms with E-state index >= 15 is 0 Å². The summed E-state index contributed by atoms with van der Waals surface area (Å²) >= 11 is 0. The van der Waals surface area contributed by atoms with Crippen molar-refractivity contribution in [1.82, 2.24) is 0 Å². The van der Waals surface area contributed by atoms with Gasteiger partial charge in [0.25, 0.3) is 0 Å². The lowest BCUT2D eigenvalue weighted by molar-refractivity contribution is 0.300. The van der Waals surface area contributed by atoms with Gasteiger partial charge in [-0.3, -0.25) is 0 Å². The number of anilines is 1. The molecular formula is C12H16N2. The fourth-order valence-corrected chi connectivity index (χ4v) is 2.95. The molecule has 74 valence electrons. The van der Waals surface area contributed by atoms with Gasteiger partial charge in [-0.1, -0.05) is 24.6 Å². The van der Waals surface area contributed by atoms with Crippen LogP contribution in [0.15, 0.2) is 24.3 Å². The van der Waals surface area contributed by atoms with Crippen molar-refractivity contribution in [2.75, 3.05) is 5.32 Å². The number of nitrogens with one attached hydrogen (secondary N) is 1. The Morgan fingerprint density at radius 3 is 3.07 bits per heavy atom. The standard InChI is InChI=1S/C12H16N2/c13-12-8-4-3-6-10(12)9-5-1-2-7-11(9)14-12/h1-2,5,7,10,14H,3-4,6,8,13H2. The van der Waals surface area contributed by atoms with Crippen molar-refractivity contribution in [3.63, 3.8) is 0 Å². The predicted octanol–water partition coefficient (Wildman–Crippen LogP) is 2.42. The van der Waals surface area contributed by atoms with Crippen LogP contribution in [0.25, 0.3) is 0 Å². The summed E-state index contributed by atoms with van der Waals surface area (Å²) in [7, 11) is 0. The Bertz CT molecular complexity index is 361. The van der Waals surface area contributed by atoms with E-state index < -0.39 is 0 Å². The van der Waals surface area contributed by atoms with Crippen molar-refractivity contribution in [2.45, 2.75) is 37.3 Å². The van der Waals surface area contributed by atoms with Crippen molar-refractivity contribution in [3.05, 3.63) is 29.8 Å². The van der Waals surface area contributed by atoms with Crippen LogP contribution >= 0.6 is 0 Å². The summed E-state index contributed by atoms with van der Waals surface area (Å²) in [4.78, 5) is 0. The van der Waals surface area contributed by atoms with Crippen LogP contribution in [-0.2, 0) is 0 Å². The minimum absolute atomic E-state index is 0.151. The normalized spacial score (nSPS) is 34.5. The van der Waals surface area contributed by atoms with Crippen molar-refractivity contribution >= 4 is 5.69 Å². The molecule has 0 aromatic heterocycles. The highest BCUT2D eigenvalue weighted by Crippen LogP contribution is 2.47. The first-order valence-corrected chi connectivity index (χ1v) is 5.46. The third-order valence-electron chi connectivity index (χ3n) is 3.66.